The van der Waals surface area contributed by atoms with Crippen molar-refractivity contribution in [2.24, 2.45) is 0 Å². The first-order valence-electron chi connectivity index (χ1n) is 8.15. The van der Waals surface area contributed by atoms with E-state index in [1.54, 1.807) is 31.8 Å². The molecule has 2 heterocycles. The number of hydrogen-bond acceptors (Lipinski definition) is 6. The van der Waals surface area contributed by atoms with Gasteiger partial charge in [-0.2, -0.15) is 0 Å². The summed E-state index contributed by atoms with van der Waals surface area (Å²) in [4.78, 5) is 7.02. The average Bonchev–Trinajstić information content (AvgIpc) is 3.32. The highest BCUT2D eigenvalue weighted by molar-refractivity contribution is 7.13. The summed E-state index contributed by atoms with van der Waals surface area (Å²) >= 11 is 1.61. The van der Waals surface area contributed by atoms with Crippen molar-refractivity contribution in [2.75, 3.05) is 20.8 Å². The van der Waals surface area contributed by atoms with Crippen LogP contribution in [0.5, 0.6) is 11.5 Å². The van der Waals surface area contributed by atoms with E-state index in [9.17, 15) is 0 Å². The van der Waals surface area contributed by atoms with Gasteiger partial charge in [0.2, 0.25) is 0 Å². The number of hydrogen-bond donors (Lipinski definition) is 0. The minimum atomic E-state index is 0.747. The maximum Gasteiger partial charge on any atom is 0.162 e. The van der Waals surface area contributed by atoms with Crippen LogP contribution in [-0.2, 0) is 13.1 Å². The van der Waals surface area contributed by atoms with E-state index in [0.717, 1.165) is 47.6 Å². The van der Waals surface area contributed by atoms with Crippen LogP contribution in [0.25, 0.3) is 10.8 Å². The molecule has 1 aromatic carbocycles. The summed E-state index contributed by atoms with van der Waals surface area (Å²) in [6.45, 7) is 4.70. The highest BCUT2D eigenvalue weighted by atomic mass is 32.1. The van der Waals surface area contributed by atoms with E-state index in [0.29, 0.717) is 0 Å². The van der Waals surface area contributed by atoms with E-state index in [-0.39, 0.29) is 0 Å². The SMILES string of the molecule is CCN(Cc1ccc(OC)c(OC)c1)Cc1csc(-c2ccco2)n1. The Balaban J connectivity index is 1.69. The van der Waals surface area contributed by atoms with Crippen LogP contribution < -0.4 is 9.47 Å². The molecule has 2 aromatic heterocycles. The Labute approximate surface area is 151 Å². The standard InChI is InChI=1S/C19H22N2O3S/c1-4-21(11-14-7-8-16(22-2)18(10-14)23-3)12-15-13-25-19(20-15)17-6-5-9-24-17/h5-10,13H,4,11-12H2,1-3H3. The maximum absolute atomic E-state index is 5.42. The van der Waals surface area contributed by atoms with Gasteiger partial charge in [-0.25, -0.2) is 4.98 Å². The normalized spacial score (nSPS) is 11.0. The number of aromatic nitrogens is 1. The second kappa shape index (κ2) is 8.18. The Morgan fingerprint density at radius 1 is 1.12 bits per heavy atom. The highest BCUT2D eigenvalue weighted by Gasteiger charge is 2.12. The Bertz CT molecular complexity index is 799. The molecule has 0 aliphatic rings. The van der Waals surface area contributed by atoms with Gasteiger partial charge in [-0.05, 0) is 36.4 Å². The lowest BCUT2D eigenvalue weighted by atomic mass is 10.2. The van der Waals surface area contributed by atoms with Gasteiger partial charge in [0.25, 0.3) is 0 Å². The Morgan fingerprint density at radius 2 is 1.96 bits per heavy atom. The van der Waals surface area contributed by atoms with Gasteiger partial charge in [-0.3, -0.25) is 4.90 Å². The van der Waals surface area contributed by atoms with Crippen LogP contribution in [-0.4, -0.2) is 30.6 Å². The van der Waals surface area contributed by atoms with Gasteiger partial charge in [0, 0.05) is 18.5 Å². The van der Waals surface area contributed by atoms with Crippen molar-refractivity contribution >= 4 is 11.3 Å². The van der Waals surface area contributed by atoms with Crippen molar-refractivity contribution in [1.82, 2.24) is 9.88 Å². The van der Waals surface area contributed by atoms with Crippen LogP contribution in [0.2, 0.25) is 0 Å². The molecule has 0 radical (unpaired) electrons. The molecule has 0 spiro atoms. The molecule has 0 N–H and O–H groups in total. The lowest BCUT2D eigenvalue weighted by Crippen LogP contribution is -2.22. The molecular weight excluding hydrogens is 336 g/mol. The summed E-state index contributed by atoms with van der Waals surface area (Å²) in [5, 5.41) is 3.01. The predicted molar refractivity (Wildman–Crippen MR) is 99.2 cm³/mol. The number of furan rings is 1. The van der Waals surface area contributed by atoms with E-state index in [2.05, 4.69) is 28.3 Å². The number of ether oxygens (including phenoxy) is 2. The minimum Gasteiger partial charge on any atom is -0.493 e. The molecule has 0 amide bonds. The molecule has 5 nitrogen and oxygen atoms in total. The van der Waals surface area contributed by atoms with Crippen LogP contribution in [0.15, 0.2) is 46.4 Å². The number of thiazole rings is 1. The maximum atomic E-state index is 5.42. The van der Waals surface area contributed by atoms with Gasteiger partial charge in [0.1, 0.15) is 0 Å². The van der Waals surface area contributed by atoms with Gasteiger partial charge < -0.3 is 13.9 Å². The fourth-order valence-corrected chi connectivity index (χ4v) is 3.42. The summed E-state index contributed by atoms with van der Waals surface area (Å²) in [6.07, 6.45) is 1.67. The molecule has 0 bridgehead atoms. The lowest BCUT2D eigenvalue weighted by Gasteiger charge is -2.20. The van der Waals surface area contributed by atoms with Crippen LogP contribution in [0, 0.1) is 0 Å². The molecule has 0 fully saturated rings. The van der Waals surface area contributed by atoms with Gasteiger partial charge >= 0.3 is 0 Å². The molecule has 0 saturated heterocycles. The van der Waals surface area contributed by atoms with Gasteiger partial charge in [-0.15, -0.1) is 11.3 Å². The first-order chi connectivity index (χ1) is 12.2. The van der Waals surface area contributed by atoms with Crippen LogP contribution in [0.3, 0.4) is 0 Å². The fourth-order valence-electron chi connectivity index (χ4n) is 2.64. The number of nitrogens with zero attached hydrogens (tertiary/aromatic N) is 2. The second-order valence-electron chi connectivity index (χ2n) is 5.61. The summed E-state index contributed by atoms with van der Waals surface area (Å²) in [7, 11) is 3.30. The molecule has 3 aromatic rings. The molecule has 0 aliphatic carbocycles. The molecule has 0 atom stereocenters. The predicted octanol–water partition coefficient (Wildman–Crippen LogP) is 4.44. The lowest BCUT2D eigenvalue weighted by molar-refractivity contribution is 0.268. The van der Waals surface area contributed by atoms with E-state index in [4.69, 9.17) is 13.9 Å². The molecule has 25 heavy (non-hydrogen) atoms. The number of benzene rings is 1. The van der Waals surface area contributed by atoms with E-state index >= 15 is 0 Å². The Hall–Kier alpha value is -2.31. The smallest absolute Gasteiger partial charge is 0.162 e. The van der Waals surface area contributed by atoms with Crippen molar-refractivity contribution in [2.45, 2.75) is 20.0 Å². The van der Waals surface area contributed by atoms with E-state index < -0.39 is 0 Å². The van der Waals surface area contributed by atoms with E-state index in [1.165, 1.54) is 5.56 Å². The van der Waals surface area contributed by atoms with Crippen molar-refractivity contribution < 1.29 is 13.9 Å². The molecule has 0 unspecified atom stereocenters. The van der Waals surface area contributed by atoms with Gasteiger partial charge in [0.05, 0.1) is 26.2 Å². The second-order valence-corrected chi connectivity index (χ2v) is 6.47. The zero-order valence-electron chi connectivity index (χ0n) is 14.7. The topological polar surface area (TPSA) is 47.7 Å². The van der Waals surface area contributed by atoms with Crippen molar-refractivity contribution in [3.8, 4) is 22.3 Å². The zero-order chi connectivity index (χ0) is 17.6. The van der Waals surface area contributed by atoms with Gasteiger partial charge in [-0.1, -0.05) is 13.0 Å². The summed E-state index contributed by atoms with van der Waals surface area (Å²) < 4.78 is 16.1. The van der Waals surface area contributed by atoms with Gasteiger partial charge in [0.15, 0.2) is 22.3 Å². The first-order valence-corrected chi connectivity index (χ1v) is 9.03. The Kier molecular flexibility index (Phi) is 5.73. The summed E-state index contributed by atoms with van der Waals surface area (Å²) in [6, 6.07) is 9.85. The number of rotatable bonds is 8. The highest BCUT2D eigenvalue weighted by Crippen LogP contribution is 2.28. The number of methoxy groups -OCH3 is 2. The molecule has 3 rings (SSSR count). The van der Waals surface area contributed by atoms with Crippen molar-refractivity contribution in [1.29, 1.82) is 0 Å². The average molecular weight is 358 g/mol. The van der Waals surface area contributed by atoms with Crippen LogP contribution in [0.4, 0.5) is 0 Å². The third kappa shape index (κ3) is 4.21. The minimum absolute atomic E-state index is 0.747. The van der Waals surface area contributed by atoms with E-state index in [1.807, 2.05) is 24.3 Å². The molecular formula is C19H22N2O3S. The first kappa shape index (κ1) is 17.5. The quantitative estimate of drug-likeness (QED) is 0.596. The molecule has 0 aliphatic heterocycles. The molecule has 132 valence electrons. The molecule has 0 saturated carbocycles. The summed E-state index contributed by atoms with van der Waals surface area (Å²) in [5.74, 6) is 2.32. The van der Waals surface area contributed by atoms with Crippen molar-refractivity contribution in [3.05, 3.63) is 53.2 Å². The third-order valence-electron chi connectivity index (χ3n) is 3.97. The largest absolute Gasteiger partial charge is 0.493 e. The fraction of sp³-hybridized carbons (Fsp3) is 0.316. The van der Waals surface area contributed by atoms with Crippen molar-refractivity contribution in [3.63, 3.8) is 0 Å². The Morgan fingerprint density at radius 3 is 2.64 bits per heavy atom. The third-order valence-corrected chi connectivity index (χ3v) is 4.88. The van der Waals surface area contributed by atoms with Crippen LogP contribution in [0.1, 0.15) is 18.2 Å². The molecule has 6 heteroatoms. The zero-order valence-corrected chi connectivity index (χ0v) is 15.5. The monoisotopic (exact) mass is 358 g/mol. The summed E-state index contributed by atoms with van der Waals surface area (Å²) in [5.41, 5.74) is 2.24. The van der Waals surface area contributed by atoms with Crippen LogP contribution >= 0.6 is 11.3 Å².